The van der Waals surface area contributed by atoms with Crippen LogP contribution in [0.25, 0.3) is 84.6 Å². The molecule has 9 aromatic rings. The normalized spacial score (nSPS) is 12.0. The van der Waals surface area contributed by atoms with Gasteiger partial charge >= 0.3 is 258 Å². The van der Waals surface area contributed by atoms with Gasteiger partial charge in [-0.2, -0.15) is 0 Å². The van der Waals surface area contributed by atoms with Crippen LogP contribution >= 0.6 is 0 Å². The van der Waals surface area contributed by atoms with Gasteiger partial charge in [0, 0.05) is 0 Å². The molecule has 0 bridgehead atoms. The van der Waals surface area contributed by atoms with E-state index in [9.17, 15) is 0 Å². The van der Waals surface area contributed by atoms with Crippen molar-refractivity contribution in [3.05, 3.63) is 145 Å². The quantitative estimate of drug-likeness (QED) is 0.135. The molecule has 0 atom stereocenters. The molecule has 1 aromatic heterocycles. The molecule has 0 unspecified atom stereocenters. The first-order valence-electron chi connectivity index (χ1n) is 14.9. The Bertz CT molecular complexity index is 2470. The SMILES string of the molecule is Cc1c2ccccc2c(-c2ccc3c(c2)[se]c2cccc(-c4c5ccccc5c(C)c5ccccc45)c23)c2ccccc12. The summed E-state index contributed by atoms with van der Waals surface area (Å²) in [6, 6.07) is 49.9. The predicted molar refractivity (Wildman–Crippen MR) is 189 cm³/mol. The Kier molecular flexibility index (Phi) is 5.45. The van der Waals surface area contributed by atoms with E-state index >= 15 is 0 Å². The average Bonchev–Trinajstić information content (AvgIpc) is 3.44. The van der Waals surface area contributed by atoms with Crippen molar-refractivity contribution in [2.75, 3.05) is 0 Å². The number of rotatable bonds is 2. The Morgan fingerprint density at radius 1 is 0.372 bits per heavy atom. The van der Waals surface area contributed by atoms with Crippen LogP contribution in [0.1, 0.15) is 11.1 Å². The molecule has 0 amide bonds. The second kappa shape index (κ2) is 9.41. The minimum atomic E-state index is 0.239. The third kappa shape index (κ3) is 3.56. The zero-order valence-electron chi connectivity index (χ0n) is 24.1. The molecule has 1 heterocycles. The monoisotopic (exact) mass is 612 g/mol. The van der Waals surface area contributed by atoms with E-state index in [0.29, 0.717) is 0 Å². The summed E-state index contributed by atoms with van der Waals surface area (Å²) in [5, 5.41) is 13.5. The van der Waals surface area contributed by atoms with Crippen LogP contribution in [0, 0.1) is 13.8 Å². The first-order valence-corrected chi connectivity index (χ1v) is 16.7. The van der Waals surface area contributed by atoms with Crippen LogP contribution in [0.5, 0.6) is 0 Å². The zero-order chi connectivity index (χ0) is 28.7. The Hall–Kier alpha value is -4.68. The molecule has 0 saturated heterocycles. The molecule has 202 valence electrons. The molecule has 0 aliphatic rings. The average molecular weight is 612 g/mol. The van der Waals surface area contributed by atoms with Crippen molar-refractivity contribution >= 4 is 76.9 Å². The van der Waals surface area contributed by atoms with Gasteiger partial charge in [-0.05, 0) is 0 Å². The standard InChI is InChI=1S/C42H28Se/c1-25-28-12-3-7-16-32(28)40(33-17-8-4-13-29(25)33)27-22-23-36-39(24-27)43-38-21-11-20-37(42(36)38)41-34-18-9-5-14-30(34)26(2)31-15-6-10-19-35(31)41/h3-24H,1-2H3. The van der Waals surface area contributed by atoms with Crippen LogP contribution in [-0.4, -0.2) is 14.5 Å². The molecule has 0 spiro atoms. The molecule has 0 aliphatic heterocycles. The molecular weight excluding hydrogens is 583 g/mol. The first-order chi connectivity index (χ1) is 21.2. The van der Waals surface area contributed by atoms with Crippen LogP contribution in [0.3, 0.4) is 0 Å². The molecule has 0 N–H and O–H groups in total. The van der Waals surface area contributed by atoms with Gasteiger partial charge in [-0.1, -0.05) is 0 Å². The maximum atomic E-state index is 2.49. The Morgan fingerprint density at radius 2 is 0.837 bits per heavy atom. The van der Waals surface area contributed by atoms with Crippen LogP contribution in [0.15, 0.2) is 133 Å². The van der Waals surface area contributed by atoms with E-state index in [-0.39, 0.29) is 14.5 Å². The number of hydrogen-bond acceptors (Lipinski definition) is 0. The number of aryl methyl sites for hydroxylation is 2. The minimum absolute atomic E-state index is 0.239. The van der Waals surface area contributed by atoms with E-state index in [2.05, 4.69) is 147 Å². The van der Waals surface area contributed by atoms with Crippen molar-refractivity contribution in [1.29, 1.82) is 0 Å². The van der Waals surface area contributed by atoms with Crippen molar-refractivity contribution in [2.45, 2.75) is 13.8 Å². The van der Waals surface area contributed by atoms with Crippen molar-refractivity contribution in [2.24, 2.45) is 0 Å². The summed E-state index contributed by atoms with van der Waals surface area (Å²) < 4.78 is 2.95. The Balaban J connectivity index is 1.36. The zero-order valence-corrected chi connectivity index (χ0v) is 25.8. The number of hydrogen-bond donors (Lipinski definition) is 0. The topological polar surface area (TPSA) is 0 Å². The molecule has 0 nitrogen and oxygen atoms in total. The predicted octanol–water partition coefficient (Wildman–Crippen LogP) is 11.6. The van der Waals surface area contributed by atoms with Gasteiger partial charge in [0.2, 0.25) is 0 Å². The molecule has 43 heavy (non-hydrogen) atoms. The maximum absolute atomic E-state index is 2.49. The first kappa shape index (κ1) is 24.9. The van der Waals surface area contributed by atoms with E-state index in [1.165, 1.54) is 95.8 Å². The van der Waals surface area contributed by atoms with Crippen LogP contribution in [0.4, 0.5) is 0 Å². The molecule has 0 radical (unpaired) electrons. The van der Waals surface area contributed by atoms with Crippen molar-refractivity contribution < 1.29 is 0 Å². The Labute approximate surface area is 256 Å². The summed E-state index contributed by atoms with van der Waals surface area (Å²) in [6.45, 7) is 4.53. The van der Waals surface area contributed by atoms with Gasteiger partial charge in [0.15, 0.2) is 0 Å². The Morgan fingerprint density at radius 3 is 1.35 bits per heavy atom. The van der Waals surface area contributed by atoms with Crippen molar-refractivity contribution in [1.82, 2.24) is 0 Å². The fourth-order valence-corrected chi connectivity index (χ4v) is 9.94. The third-order valence-electron chi connectivity index (χ3n) is 9.46. The summed E-state index contributed by atoms with van der Waals surface area (Å²) in [7, 11) is 0. The van der Waals surface area contributed by atoms with Crippen LogP contribution in [-0.2, 0) is 0 Å². The molecule has 0 fully saturated rings. The van der Waals surface area contributed by atoms with Gasteiger partial charge in [-0.15, -0.1) is 0 Å². The fraction of sp³-hybridized carbons (Fsp3) is 0.0476. The van der Waals surface area contributed by atoms with E-state index in [1.807, 2.05) is 0 Å². The summed E-state index contributed by atoms with van der Waals surface area (Å²) in [6.07, 6.45) is 0. The number of fused-ring (bicyclic) bond motifs is 7. The van der Waals surface area contributed by atoms with Gasteiger partial charge in [-0.3, -0.25) is 0 Å². The second-order valence-electron chi connectivity index (χ2n) is 11.7. The van der Waals surface area contributed by atoms with Gasteiger partial charge in [-0.25, -0.2) is 0 Å². The molecule has 0 saturated carbocycles. The van der Waals surface area contributed by atoms with E-state index < -0.39 is 0 Å². The van der Waals surface area contributed by atoms with Gasteiger partial charge in [0.1, 0.15) is 0 Å². The second-order valence-corrected chi connectivity index (χ2v) is 13.9. The van der Waals surface area contributed by atoms with Gasteiger partial charge < -0.3 is 0 Å². The molecule has 0 aliphatic carbocycles. The summed E-state index contributed by atoms with van der Waals surface area (Å²) >= 11 is 0.239. The van der Waals surface area contributed by atoms with E-state index in [0.717, 1.165) is 0 Å². The van der Waals surface area contributed by atoms with Crippen molar-refractivity contribution in [3.8, 4) is 22.3 Å². The molecule has 9 rings (SSSR count). The van der Waals surface area contributed by atoms with Crippen LogP contribution in [0.2, 0.25) is 0 Å². The van der Waals surface area contributed by atoms with E-state index in [1.54, 1.807) is 0 Å². The summed E-state index contributed by atoms with van der Waals surface area (Å²) in [5.41, 5.74) is 8.08. The van der Waals surface area contributed by atoms with Gasteiger partial charge in [0.05, 0.1) is 0 Å². The van der Waals surface area contributed by atoms with Gasteiger partial charge in [0.25, 0.3) is 0 Å². The third-order valence-corrected chi connectivity index (χ3v) is 11.8. The summed E-state index contributed by atoms with van der Waals surface area (Å²) in [4.78, 5) is 0. The van der Waals surface area contributed by atoms with E-state index in [4.69, 9.17) is 0 Å². The fourth-order valence-electron chi connectivity index (χ4n) is 7.48. The van der Waals surface area contributed by atoms with Crippen molar-refractivity contribution in [3.63, 3.8) is 0 Å². The molecule has 1 heteroatoms. The molecule has 8 aromatic carbocycles. The number of benzene rings is 8. The summed E-state index contributed by atoms with van der Waals surface area (Å²) in [5.74, 6) is 0. The van der Waals surface area contributed by atoms with Crippen LogP contribution < -0.4 is 0 Å². The molecular formula is C42H28Se.